The lowest BCUT2D eigenvalue weighted by atomic mass is 10.1. The Morgan fingerprint density at radius 3 is 2.44 bits per heavy atom. The Morgan fingerprint density at radius 1 is 1.22 bits per heavy atom. The van der Waals surface area contributed by atoms with Gasteiger partial charge in [0.15, 0.2) is 0 Å². The van der Waals surface area contributed by atoms with Gasteiger partial charge in [-0.3, -0.25) is 0 Å². The normalized spacial score (nSPS) is 11.5. The molecule has 1 aromatic heterocycles. The number of rotatable bonds is 3. The first-order valence-corrected chi connectivity index (χ1v) is 6.82. The number of nitrogens with zero attached hydrogens (tertiary/aromatic N) is 1. The lowest BCUT2D eigenvalue weighted by molar-refractivity contribution is 0.582. The molecule has 1 aromatic carbocycles. The van der Waals surface area contributed by atoms with Crippen LogP contribution in [0.5, 0.6) is 0 Å². The molecule has 0 aliphatic carbocycles. The summed E-state index contributed by atoms with van der Waals surface area (Å²) in [6.45, 7) is 0. The zero-order valence-electron chi connectivity index (χ0n) is 10.1. The van der Waals surface area contributed by atoms with E-state index in [0.29, 0.717) is 11.3 Å². The largest absolute Gasteiger partial charge is 0.464 e. The maximum absolute atomic E-state index is 11.4. The summed E-state index contributed by atoms with van der Waals surface area (Å²) in [5.74, 6) is 0.601. The number of benzene rings is 1. The molecule has 5 nitrogen and oxygen atoms in total. The summed E-state index contributed by atoms with van der Waals surface area (Å²) in [5, 5.41) is 5.13. The molecule has 0 aliphatic rings. The van der Waals surface area contributed by atoms with Crippen molar-refractivity contribution in [3.8, 4) is 11.3 Å². The Balaban J connectivity index is 2.67. The topological polar surface area (TPSA) is 76.5 Å². The van der Waals surface area contributed by atoms with E-state index in [1.54, 1.807) is 24.5 Å². The molecule has 2 aromatic rings. The summed E-state index contributed by atoms with van der Waals surface area (Å²) in [5.41, 5.74) is 1.55. The monoisotopic (exact) mass is 266 g/mol. The minimum absolute atomic E-state index is 0.0690. The standard InChI is InChI=1S/C12H14N2O3S/c1-14(2)11-6-5-9(18(13,15)16)8-10(11)12-4-3-7-17-12/h3-8H,1-2H3,(H2,13,15,16). The second kappa shape index (κ2) is 4.47. The van der Waals surface area contributed by atoms with E-state index in [0.717, 1.165) is 5.69 Å². The summed E-state index contributed by atoms with van der Waals surface area (Å²) in [4.78, 5) is 1.95. The molecule has 96 valence electrons. The third-order valence-electron chi connectivity index (χ3n) is 2.56. The average Bonchev–Trinajstić information content (AvgIpc) is 2.80. The van der Waals surface area contributed by atoms with E-state index in [1.807, 2.05) is 19.0 Å². The Kier molecular flexibility index (Phi) is 3.14. The van der Waals surface area contributed by atoms with Gasteiger partial charge in [0, 0.05) is 25.3 Å². The molecule has 0 unspecified atom stereocenters. The van der Waals surface area contributed by atoms with Crippen molar-refractivity contribution in [1.82, 2.24) is 0 Å². The molecule has 2 rings (SSSR count). The van der Waals surface area contributed by atoms with Crippen LogP contribution in [0.25, 0.3) is 11.3 Å². The van der Waals surface area contributed by atoms with E-state index < -0.39 is 10.0 Å². The van der Waals surface area contributed by atoms with Gasteiger partial charge >= 0.3 is 0 Å². The van der Waals surface area contributed by atoms with Gasteiger partial charge in [-0.25, -0.2) is 13.6 Å². The third kappa shape index (κ3) is 2.39. The fourth-order valence-corrected chi connectivity index (χ4v) is 2.25. The van der Waals surface area contributed by atoms with Crippen molar-refractivity contribution in [3.63, 3.8) is 0 Å². The van der Waals surface area contributed by atoms with Gasteiger partial charge in [-0.15, -0.1) is 0 Å². The van der Waals surface area contributed by atoms with Crippen LogP contribution in [-0.2, 0) is 10.0 Å². The van der Waals surface area contributed by atoms with Gasteiger partial charge in [0.1, 0.15) is 5.76 Å². The van der Waals surface area contributed by atoms with Crippen LogP contribution in [0.4, 0.5) is 5.69 Å². The number of nitrogens with two attached hydrogens (primary N) is 1. The van der Waals surface area contributed by atoms with Crippen molar-refractivity contribution in [2.45, 2.75) is 4.90 Å². The van der Waals surface area contributed by atoms with Crippen LogP contribution in [-0.4, -0.2) is 22.5 Å². The zero-order valence-corrected chi connectivity index (χ0v) is 10.9. The fraction of sp³-hybridized carbons (Fsp3) is 0.167. The van der Waals surface area contributed by atoms with Crippen molar-refractivity contribution < 1.29 is 12.8 Å². The molecular formula is C12H14N2O3S. The summed E-state index contributed by atoms with van der Waals surface area (Å²) in [7, 11) is 0.0278. The highest BCUT2D eigenvalue weighted by Crippen LogP contribution is 2.32. The maximum Gasteiger partial charge on any atom is 0.238 e. The third-order valence-corrected chi connectivity index (χ3v) is 3.48. The fourth-order valence-electron chi connectivity index (χ4n) is 1.71. The number of hydrogen-bond acceptors (Lipinski definition) is 4. The van der Waals surface area contributed by atoms with E-state index in [4.69, 9.17) is 9.56 Å². The maximum atomic E-state index is 11.4. The van der Waals surface area contributed by atoms with Gasteiger partial charge in [-0.2, -0.15) is 0 Å². The van der Waals surface area contributed by atoms with E-state index in [-0.39, 0.29) is 4.90 Å². The first kappa shape index (κ1) is 12.7. The lowest BCUT2D eigenvalue weighted by Gasteiger charge is -2.17. The van der Waals surface area contributed by atoms with Gasteiger partial charge in [-0.05, 0) is 30.3 Å². The number of anilines is 1. The van der Waals surface area contributed by atoms with Gasteiger partial charge in [-0.1, -0.05) is 0 Å². The predicted octanol–water partition coefficient (Wildman–Crippen LogP) is 1.66. The van der Waals surface area contributed by atoms with Crippen LogP contribution < -0.4 is 10.0 Å². The van der Waals surface area contributed by atoms with E-state index in [9.17, 15) is 8.42 Å². The van der Waals surface area contributed by atoms with Crippen LogP contribution in [0, 0.1) is 0 Å². The van der Waals surface area contributed by atoms with Crippen molar-refractivity contribution in [2.24, 2.45) is 5.14 Å². The second-order valence-electron chi connectivity index (χ2n) is 4.10. The zero-order chi connectivity index (χ0) is 13.3. The molecule has 0 saturated heterocycles. The molecule has 0 radical (unpaired) electrons. The van der Waals surface area contributed by atoms with E-state index in [1.165, 1.54) is 12.1 Å². The minimum atomic E-state index is -3.72. The molecule has 2 N–H and O–H groups in total. The molecule has 0 atom stereocenters. The second-order valence-corrected chi connectivity index (χ2v) is 5.66. The van der Waals surface area contributed by atoms with Crippen molar-refractivity contribution in [3.05, 3.63) is 36.6 Å². The van der Waals surface area contributed by atoms with Gasteiger partial charge in [0.05, 0.1) is 11.2 Å². The van der Waals surface area contributed by atoms with Crippen LogP contribution in [0.3, 0.4) is 0 Å². The van der Waals surface area contributed by atoms with E-state index in [2.05, 4.69) is 0 Å². The lowest BCUT2D eigenvalue weighted by Crippen LogP contribution is -2.14. The molecule has 18 heavy (non-hydrogen) atoms. The molecular weight excluding hydrogens is 252 g/mol. The SMILES string of the molecule is CN(C)c1ccc(S(N)(=O)=O)cc1-c1ccco1. The van der Waals surface area contributed by atoms with Gasteiger partial charge in [0.25, 0.3) is 0 Å². The molecule has 0 amide bonds. The van der Waals surface area contributed by atoms with Crippen LogP contribution >= 0.6 is 0 Å². The summed E-state index contributed by atoms with van der Waals surface area (Å²) < 4.78 is 28.1. The molecule has 0 spiro atoms. The molecule has 6 heteroatoms. The summed E-state index contributed by atoms with van der Waals surface area (Å²) >= 11 is 0. The summed E-state index contributed by atoms with van der Waals surface area (Å²) in [6.07, 6.45) is 1.54. The molecule has 0 aliphatic heterocycles. The Hall–Kier alpha value is -1.79. The molecule has 0 bridgehead atoms. The van der Waals surface area contributed by atoms with Gasteiger partial charge in [0.2, 0.25) is 10.0 Å². The van der Waals surface area contributed by atoms with Crippen LogP contribution in [0.1, 0.15) is 0 Å². The van der Waals surface area contributed by atoms with Gasteiger partial charge < -0.3 is 9.32 Å². The summed E-state index contributed by atoms with van der Waals surface area (Å²) in [6, 6.07) is 8.23. The smallest absolute Gasteiger partial charge is 0.238 e. The number of primary sulfonamides is 1. The highest BCUT2D eigenvalue weighted by atomic mass is 32.2. The molecule has 1 heterocycles. The minimum Gasteiger partial charge on any atom is -0.464 e. The Morgan fingerprint density at radius 2 is 1.94 bits per heavy atom. The molecule has 0 saturated carbocycles. The quantitative estimate of drug-likeness (QED) is 0.916. The number of furan rings is 1. The number of sulfonamides is 1. The first-order chi connectivity index (χ1) is 8.39. The van der Waals surface area contributed by atoms with E-state index >= 15 is 0 Å². The van der Waals surface area contributed by atoms with Crippen molar-refractivity contribution in [2.75, 3.05) is 19.0 Å². The van der Waals surface area contributed by atoms with Crippen molar-refractivity contribution >= 4 is 15.7 Å². The van der Waals surface area contributed by atoms with Crippen molar-refractivity contribution in [1.29, 1.82) is 0 Å². The predicted molar refractivity (Wildman–Crippen MR) is 69.8 cm³/mol. The molecule has 0 fully saturated rings. The Labute approximate surface area is 106 Å². The van der Waals surface area contributed by atoms with Crippen LogP contribution in [0.2, 0.25) is 0 Å². The highest BCUT2D eigenvalue weighted by Gasteiger charge is 2.15. The number of hydrogen-bond donors (Lipinski definition) is 1. The average molecular weight is 266 g/mol. The Bertz CT molecular complexity index is 646. The van der Waals surface area contributed by atoms with Crippen LogP contribution in [0.15, 0.2) is 45.9 Å². The highest BCUT2D eigenvalue weighted by molar-refractivity contribution is 7.89. The first-order valence-electron chi connectivity index (χ1n) is 5.27.